The van der Waals surface area contributed by atoms with E-state index in [4.69, 9.17) is 28.7 Å². The zero-order chi connectivity index (χ0) is 32.5. The van der Waals surface area contributed by atoms with Crippen molar-refractivity contribution in [1.82, 2.24) is 16.0 Å². The number of phenols is 1. The summed E-state index contributed by atoms with van der Waals surface area (Å²) in [6.45, 7) is 0.755. The minimum Gasteiger partial charge on any atom is -0.508 e. The molecule has 2 rings (SSSR count). The van der Waals surface area contributed by atoms with Gasteiger partial charge in [0.1, 0.15) is 23.9 Å². The molecule has 0 aromatic heterocycles. The fourth-order valence-electron chi connectivity index (χ4n) is 5.32. The molecular weight excluding hydrogens is 566 g/mol. The molecule has 0 aliphatic heterocycles. The van der Waals surface area contributed by atoms with Crippen molar-refractivity contribution < 1.29 is 24.3 Å². The van der Waals surface area contributed by atoms with E-state index in [2.05, 4.69) is 20.9 Å². The van der Waals surface area contributed by atoms with E-state index in [0.717, 1.165) is 32.1 Å². The fraction of sp³-hybridized carbons (Fsp3) is 0.633. The second kappa shape index (κ2) is 19.4. The highest BCUT2D eigenvalue weighted by Gasteiger charge is 2.32. The van der Waals surface area contributed by atoms with Crippen LogP contribution in [0.25, 0.3) is 0 Å². The number of nitrogens with two attached hydrogens (primary N) is 5. The largest absolute Gasteiger partial charge is 0.508 e. The van der Waals surface area contributed by atoms with Gasteiger partial charge in [0, 0.05) is 13.0 Å². The number of carbonyl (C=O) groups excluding carboxylic acids is 4. The number of primary amides is 1. The SMILES string of the molecule is NCCCC[C@H](NC(=O)[C@H](CC1CCCCC1)NC(=O)[C@H](Cc1ccc(O)cc1)NC(=O)[C@H](N)CCCN=C(N)N)C(N)=O. The minimum atomic E-state index is -1.08. The van der Waals surface area contributed by atoms with Gasteiger partial charge in [-0.3, -0.25) is 24.2 Å². The number of guanidine groups is 1. The third-order valence-corrected chi connectivity index (χ3v) is 7.85. The molecule has 246 valence electrons. The molecule has 14 nitrogen and oxygen atoms in total. The lowest BCUT2D eigenvalue weighted by molar-refractivity contribution is -0.134. The summed E-state index contributed by atoms with van der Waals surface area (Å²) in [5.74, 6) is -2.08. The van der Waals surface area contributed by atoms with Crippen molar-refractivity contribution in [3.05, 3.63) is 29.8 Å². The summed E-state index contributed by atoms with van der Waals surface area (Å²) in [4.78, 5) is 56.3. The molecule has 0 unspecified atom stereocenters. The lowest BCUT2D eigenvalue weighted by Gasteiger charge is -2.29. The van der Waals surface area contributed by atoms with Gasteiger partial charge < -0.3 is 49.7 Å². The lowest BCUT2D eigenvalue weighted by atomic mass is 9.84. The second-order valence-electron chi connectivity index (χ2n) is 11.5. The molecule has 0 heterocycles. The van der Waals surface area contributed by atoms with E-state index in [9.17, 15) is 24.3 Å². The molecule has 1 aromatic rings. The van der Waals surface area contributed by atoms with Crippen LogP contribution < -0.4 is 44.6 Å². The van der Waals surface area contributed by atoms with Gasteiger partial charge in [-0.1, -0.05) is 44.2 Å². The Morgan fingerprint density at radius 3 is 2.05 bits per heavy atom. The summed E-state index contributed by atoms with van der Waals surface area (Å²) in [6, 6.07) is 2.40. The zero-order valence-corrected chi connectivity index (χ0v) is 25.5. The number of nitrogens with one attached hydrogen (secondary N) is 3. The normalized spacial score (nSPS) is 16.1. The number of nitrogens with zero attached hydrogens (tertiary/aromatic N) is 1. The minimum absolute atomic E-state index is 0.0567. The third-order valence-electron chi connectivity index (χ3n) is 7.85. The average Bonchev–Trinajstić information content (AvgIpc) is 2.99. The van der Waals surface area contributed by atoms with E-state index < -0.39 is 47.8 Å². The van der Waals surface area contributed by atoms with Crippen molar-refractivity contribution in [3.8, 4) is 5.75 Å². The number of aromatic hydroxyl groups is 1. The highest BCUT2D eigenvalue weighted by molar-refractivity contribution is 5.94. The molecule has 4 amide bonds. The molecule has 1 fully saturated rings. The van der Waals surface area contributed by atoms with Gasteiger partial charge in [-0.25, -0.2) is 0 Å². The molecule has 14 N–H and O–H groups in total. The highest BCUT2D eigenvalue weighted by Crippen LogP contribution is 2.27. The highest BCUT2D eigenvalue weighted by atomic mass is 16.3. The Hall–Kier alpha value is -3.91. The standard InChI is InChI=1S/C30H51N9O5/c31-15-5-4-10-23(26(33)41)37-28(43)25(17-19-7-2-1-3-8-19)39-29(44)24(18-20-11-13-21(40)14-12-20)38-27(42)22(32)9-6-16-36-30(34)35/h11-14,19,22-25,40H,1-10,15-18,31-32H2,(H2,33,41)(H,37,43)(H,38,42)(H,39,44)(H4,34,35,36)/t22-,23+,24+,25+/m1/s1. The topological polar surface area (TPSA) is 267 Å². The van der Waals surface area contributed by atoms with E-state index in [0.29, 0.717) is 50.8 Å². The maximum atomic E-state index is 13.7. The number of benzene rings is 1. The van der Waals surface area contributed by atoms with Crippen LogP contribution in [0.1, 0.15) is 76.2 Å². The van der Waals surface area contributed by atoms with Crippen molar-refractivity contribution in [2.75, 3.05) is 13.1 Å². The van der Waals surface area contributed by atoms with Crippen LogP contribution in [0.2, 0.25) is 0 Å². The molecule has 1 saturated carbocycles. The number of carbonyl (C=O) groups is 4. The van der Waals surface area contributed by atoms with Crippen LogP contribution in [0.4, 0.5) is 0 Å². The molecule has 1 aliphatic carbocycles. The average molecular weight is 618 g/mol. The summed E-state index contributed by atoms with van der Waals surface area (Å²) >= 11 is 0. The molecule has 0 radical (unpaired) electrons. The number of phenolic OH excluding ortho intramolecular Hbond substituents is 1. The Labute approximate surface area is 259 Å². The predicted molar refractivity (Wildman–Crippen MR) is 169 cm³/mol. The lowest BCUT2D eigenvalue weighted by Crippen LogP contribution is -2.58. The van der Waals surface area contributed by atoms with E-state index in [1.54, 1.807) is 12.1 Å². The van der Waals surface area contributed by atoms with E-state index in [1.807, 2.05) is 0 Å². The van der Waals surface area contributed by atoms with Gasteiger partial charge in [-0.05, 0) is 68.7 Å². The maximum Gasteiger partial charge on any atom is 0.243 e. The van der Waals surface area contributed by atoms with Crippen LogP contribution in [0.3, 0.4) is 0 Å². The first-order valence-electron chi connectivity index (χ1n) is 15.5. The first kappa shape index (κ1) is 36.3. The summed E-state index contributed by atoms with van der Waals surface area (Å²) in [5, 5.41) is 18.0. The van der Waals surface area contributed by atoms with Crippen LogP contribution in [0.15, 0.2) is 29.3 Å². The van der Waals surface area contributed by atoms with E-state index >= 15 is 0 Å². The summed E-state index contributed by atoms with van der Waals surface area (Å²) in [7, 11) is 0. The van der Waals surface area contributed by atoms with Crippen LogP contribution in [-0.4, -0.2) is 72.0 Å². The Kier molecular flexibility index (Phi) is 16.0. The van der Waals surface area contributed by atoms with Gasteiger partial charge >= 0.3 is 0 Å². The maximum absolute atomic E-state index is 13.7. The molecule has 0 spiro atoms. The number of hydrogen-bond donors (Lipinski definition) is 9. The Morgan fingerprint density at radius 2 is 1.43 bits per heavy atom. The Bertz CT molecular complexity index is 1090. The Balaban J connectivity index is 2.22. The number of aliphatic imine (C=N–C) groups is 1. The molecule has 4 atom stereocenters. The number of unbranched alkanes of at least 4 members (excludes halogenated alkanes) is 1. The third kappa shape index (κ3) is 13.6. The quantitative estimate of drug-likeness (QED) is 0.0541. The summed E-state index contributed by atoms with van der Waals surface area (Å²) in [6.07, 6.45) is 7.88. The number of rotatable bonds is 19. The van der Waals surface area contributed by atoms with Crippen LogP contribution in [0.5, 0.6) is 5.75 Å². The van der Waals surface area contributed by atoms with Crippen LogP contribution in [-0.2, 0) is 25.6 Å². The van der Waals surface area contributed by atoms with Crippen molar-refractivity contribution in [1.29, 1.82) is 0 Å². The van der Waals surface area contributed by atoms with Gasteiger partial charge in [0.15, 0.2) is 5.96 Å². The van der Waals surface area contributed by atoms with E-state index in [1.165, 1.54) is 12.1 Å². The molecule has 1 aromatic carbocycles. The van der Waals surface area contributed by atoms with Gasteiger partial charge in [0.25, 0.3) is 0 Å². The van der Waals surface area contributed by atoms with Gasteiger partial charge in [0.2, 0.25) is 23.6 Å². The van der Waals surface area contributed by atoms with Gasteiger partial charge in [-0.2, -0.15) is 0 Å². The number of hydrogen-bond acceptors (Lipinski definition) is 8. The molecule has 0 bridgehead atoms. The van der Waals surface area contributed by atoms with Crippen LogP contribution in [0, 0.1) is 5.92 Å². The monoisotopic (exact) mass is 617 g/mol. The second-order valence-corrected chi connectivity index (χ2v) is 11.5. The molecule has 1 aliphatic rings. The van der Waals surface area contributed by atoms with E-state index in [-0.39, 0.29) is 30.5 Å². The molecule has 44 heavy (non-hydrogen) atoms. The molecule has 14 heteroatoms. The zero-order valence-electron chi connectivity index (χ0n) is 25.5. The summed E-state index contributed by atoms with van der Waals surface area (Å²) < 4.78 is 0. The molecular formula is C30H51N9O5. The Morgan fingerprint density at radius 1 is 0.818 bits per heavy atom. The van der Waals surface area contributed by atoms with Crippen molar-refractivity contribution in [2.24, 2.45) is 39.6 Å². The number of amides is 4. The fourth-order valence-corrected chi connectivity index (χ4v) is 5.32. The first-order chi connectivity index (χ1) is 21.0. The van der Waals surface area contributed by atoms with Crippen molar-refractivity contribution in [3.63, 3.8) is 0 Å². The smallest absolute Gasteiger partial charge is 0.243 e. The van der Waals surface area contributed by atoms with Gasteiger partial charge in [-0.15, -0.1) is 0 Å². The van der Waals surface area contributed by atoms with Gasteiger partial charge in [0.05, 0.1) is 6.04 Å². The first-order valence-corrected chi connectivity index (χ1v) is 15.5. The van der Waals surface area contributed by atoms with Crippen molar-refractivity contribution in [2.45, 2.75) is 101 Å². The van der Waals surface area contributed by atoms with Crippen molar-refractivity contribution >= 4 is 29.6 Å². The van der Waals surface area contributed by atoms with Crippen LogP contribution >= 0.6 is 0 Å². The summed E-state index contributed by atoms with van der Waals surface area (Å²) in [5.41, 5.74) is 28.6. The molecule has 0 saturated heterocycles. The predicted octanol–water partition coefficient (Wildman–Crippen LogP) is -0.645.